The summed E-state index contributed by atoms with van der Waals surface area (Å²) < 4.78 is 29.0. The molecule has 2 aliphatic rings. The molecule has 0 bridgehead atoms. The van der Waals surface area contributed by atoms with Gasteiger partial charge in [0.15, 0.2) is 5.13 Å². The highest BCUT2D eigenvalue weighted by Gasteiger charge is 2.36. The number of nitrogens with one attached hydrogen (secondary N) is 3. The van der Waals surface area contributed by atoms with E-state index in [4.69, 9.17) is 29.5 Å². The zero-order valence-corrected chi connectivity index (χ0v) is 51.0. The number of likely N-dealkylation sites (N-methyl/N-ethyl adjacent to an activating group) is 2. The Morgan fingerprint density at radius 2 is 1.51 bits per heavy atom. The number of nitrogens with two attached hydrogens (primary N) is 1. The molecule has 1 saturated carbocycles. The number of urea groups is 1. The molecule has 4 aromatic rings. The van der Waals surface area contributed by atoms with Gasteiger partial charge in [0.25, 0.3) is 0 Å². The molecule has 1 saturated heterocycles. The monoisotopic (exact) mass is 1190 g/mol. The number of thiazole rings is 1. The van der Waals surface area contributed by atoms with Crippen LogP contribution in [0.5, 0.6) is 11.5 Å². The second-order valence-corrected chi connectivity index (χ2v) is 22.2. The first kappa shape index (κ1) is 66.9. The first-order valence-electron chi connectivity index (χ1n) is 29.5. The van der Waals surface area contributed by atoms with E-state index in [0.29, 0.717) is 126 Å². The van der Waals surface area contributed by atoms with Crippen LogP contribution in [0, 0.1) is 12.8 Å². The van der Waals surface area contributed by atoms with E-state index >= 15 is 0 Å². The van der Waals surface area contributed by atoms with Gasteiger partial charge in [-0.3, -0.25) is 24.7 Å². The van der Waals surface area contributed by atoms with Crippen LogP contribution in [-0.2, 0) is 41.4 Å². The highest BCUT2D eigenvalue weighted by atomic mass is 32.1. The van der Waals surface area contributed by atoms with Gasteiger partial charge in [0.1, 0.15) is 24.1 Å². The first-order chi connectivity index (χ1) is 41.3. The minimum Gasteiger partial charge on any atom is -0.494 e. The maximum atomic E-state index is 14.1. The molecule has 5 N–H and O–H groups in total. The van der Waals surface area contributed by atoms with E-state index in [-0.39, 0.29) is 36.6 Å². The Balaban J connectivity index is 0.742. The van der Waals surface area contributed by atoms with Crippen molar-refractivity contribution in [2.75, 3.05) is 130 Å². The maximum Gasteiger partial charge on any atom is 0.325 e. The number of rotatable bonds is 39. The summed E-state index contributed by atoms with van der Waals surface area (Å²) in [4.78, 5) is 70.3. The van der Waals surface area contributed by atoms with Gasteiger partial charge >= 0.3 is 6.03 Å². The Morgan fingerprint density at radius 1 is 0.824 bits per heavy atom. The SMILES string of the molecule is C=C/C=C(\C=C)C(C)NC(=O)C(c1ccc(C)cc1)N(CC1CC1)C(=O)CCc1ccc(OCCCCN(C)CCOCCOCC/C(C=NCCOCCOc2ccc(NC(=O)Nc3nc(CC(=O)N4CCN(C)CC4)cs3)cc2)=N/N)cc1. The molecular formula is C64H89N11O9S. The summed E-state index contributed by atoms with van der Waals surface area (Å²) in [6, 6.07) is 21.4. The zero-order chi connectivity index (χ0) is 60.6. The van der Waals surface area contributed by atoms with Crippen LogP contribution in [0.3, 0.4) is 0 Å². The fourth-order valence-electron chi connectivity index (χ4n) is 9.14. The molecule has 2 heterocycles. The molecule has 0 radical (unpaired) electrons. The summed E-state index contributed by atoms with van der Waals surface area (Å²) >= 11 is 1.28. The molecule has 1 aliphatic carbocycles. The van der Waals surface area contributed by atoms with Gasteiger partial charge < -0.3 is 59.8 Å². The number of hydrogen-bond acceptors (Lipinski definition) is 16. The van der Waals surface area contributed by atoms with Crippen molar-refractivity contribution in [1.82, 2.24) is 29.9 Å². The molecule has 20 nitrogen and oxygen atoms in total. The minimum atomic E-state index is -0.752. The molecule has 460 valence electrons. The third-order valence-corrected chi connectivity index (χ3v) is 15.2. The normalized spacial score (nSPS) is 14.7. The number of unbranched alkanes of at least 4 members (excludes halogenated alkanes) is 1. The van der Waals surface area contributed by atoms with Gasteiger partial charge in [0, 0.05) is 69.4 Å². The van der Waals surface area contributed by atoms with Crippen molar-refractivity contribution in [3.8, 4) is 11.5 Å². The quantitative estimate of drug-likeness (QED) is 0.0109. The average Bonchev–Trinajstić information content (AvgIpc) is 3.55. The number of hydrazone groups is 1. The number of aromatic nitrogens is 1. The summed E-state index contributed by atoms with van der Waals surface area (Å²) in [7, 11) is 4.13. The van der Waals surface area contributed by atoms with E-state index in [9.17, 15) is 19.2 Å². The van der Waals surface area contributed by atoms with Crippen LogP contribution in [0.4, 0.5) is 15.6 Å². The second kappa shape index (κ2) is 37.2. The Kier molecular flexibility index (Phi) is 29.3. The summed E-state index contributed by atoms with van der Waals surface area (Å²) in [6.07, 6.45) is 12.4. The lowest BCUT2D eigenvalue weighted by Crippen LogP contribution is -2.47. The Morgan fingerprint density at radius 3 is 2.20 bits per heavy atom. The fraction of sp³-hybridized carbons (Fsp3) is 0.484. The minimum absolute atomic E-state index is 0.0428. The molecule has 0 spiro atoms. The van der Waals surface area contributed by atoms with Crippen LogP contribution in [0.1, 0.15) is 73.9 Å². The molecule has 2 fully saturated rings. The summed E-state index contributed by atoms with van der Waals surface area (Å²) in [5, 5.41) is 14.7. The number of aryl methyl sites for hydroxylation is 2. The number of carbonyl (C=O) groups excluding carboxylic acids is 4. The van der Waals surface area contributed by atoms with Crippen LogP contribution in [0.25, 0.3) is 0 Å². The van der Waals surface area contributed by atoms with Crippen molar-refractivity contribution >= 4 is 57.8 Å². The smallest absolute Gasteiger partial charge is 0.325 e. The fourth-order valence-corrected chi connectivity index (χ4v) is 9.84. The lowest BCUT2D eigenvalue weighted by Gasteiger charge is -2.33. The van der Waals surface area contributed by atoms with Gasteiger partial charge in [-0.15, -0.1) is 11.3 Å². The number of amides is 5. The number of hydrogen-bond donors (Lipinski definition) is 4. The van der Waals surface area contributed by atoms with Crippen LogP contribution >= 0.6 is 11.3 Å². The van der Waals surface area contributed by atoms with Gasteiger partial charge in [-0.25, -0.2) is 9.78 Å². The van der Waals surface area contributed by atoms with Crippen molar-refractivity contribution < 1.29 is 42.9 Å². The number of ether oxygens (including phenoxy) is 5. The Hall–Kier alpha value is -7.27. The van der Waals surface area contributed by atoms with Crippen LogP contribution in [-0.4, -0.2) is 186 Å². The van der Waals surface area contributed by atoms with Crippen LogP contribution < -0.4 is 31.3 Å². The van der Waals surface area contributed by atoms with Gasteiger partial charge in [0.05, 0.1) is 76.7 Å². The van der Waals surface area contributed by atoms with E-state index in [2.05, 4.69) is 61.0 Å². The van der Waals surface area contributed by atoms with Crippen molar-refractivity contribution in [2.24, 2.45) is 21.9 Å². The lowest BCUT2D eigenvalue weighted by molar-refractivity contribution is -0.141. The molecule has 3 aromatic carbocycles. The molecule has 1 aromatic heterocycles. The maximum absolute atomic E-state index is 14.1. The van der Waals surface area contributed by atoms with Gasteiger partial charge in [0.2, 0.25) is 17.7 Å². The van der Waals surface area contributed by atoms with E-state index in [1.807, 2.05) is 80.4 Å². The predicted octanol–water partition coefficient (Wildman–Crippen LogP) is 8.12. The molecule has 6 rings (SSSR count). The number of anilines is 2. The number of allylic oxidation sites excluding steroid dienone is 2. The zero-order valence-electron chi connectivity index (χ0n) is 50.2. The second-order valence-electron chi connectivity index (χ2n) is 21.3. The predicted molar refractivity (Wildman–Crippen MR) is 338 cm³/mol. The molecule has 2 unspecified atom stereocenters. The van der Waals surface area contributed by atoms with E-state index in [1.165, 1.54) is 11.3 Å². The summed E-state index contributed by atoms with van der Waals surface area (Å²) in [6.45, 7) is 21.2. The van der Waals surface area contributed by atoms with E-state index in [1.54, 1.807) is 52.9 Å². The molecular weight excluding hydrogens is 1100 g/mol. The van der Waals surface area contributed by atoms with Crippen molar-refractivity contribution in [1.29, 1.82) is 0 Å². The van der Waals surface area contributed by atoms with Crippen molar-refractivity contribution in [3.63, 3.8) is 0 Å². The molecule has 5 amide bonds. The average molecular weight is 1190 g/mol. The molecule has 85 heavy (non-hydrogen) atoms. The molecule has 1 aliphatic heterocycles. The molecule has 21 heteroatoms. The van der Waals surface area contributed by atoms with Crippen molar-refractivity contribution in [3.05, 3.63) is 138 Å². The van der Waals surface area contributed by atoms with Gasteiger partial charge in [-0.2, -0.15) is 5.10 Å². The number of benzene rings is 3. The Bertz CT molecular complexity index is 2780. The number of nitrogens with zero attached hydrogens (tertiary/aromatic N) is 7. The van der Waals surface area contributed by atoms with Crippen LogP contribution in [0.2, 0.25) is 0 Å². The van der Waals surface area contributed by atoms with E-state index < -0.39 is 12.1 Å². The van der Waals surface area contributed by atoms with Crippen LogP contribution in [0.15, 0.2) is 125 Å². The first-order valence-corrected chi connectivity index (χ1v) is 30.4. The largest absolute Gasteiger partial charge is 0.494 e. The standard InChI is InChI=1S/C64H89N11O9S/c1-7-11-52(8-2)49(4)67-62(78)61(53-19-12-48(3)13-20-53)75(46-51-14-15-51)59(76)27-18-50-16-23-57(24-17-50)83-36-10-9-30-72(5)35-39-82-41-40-80-37-28-55(71-65)45-66-29-38-81-42-43-84-58-25-21-54(22-26-58)68-63(79)70-64-69-56(47-85-64)44-60(77)74-33-31-73(6)32-34-74/h7-8,11-13,16-17,19-26,45,47,49,51,61H,1-2,9-10,14-15,18,27-44,46,65H2,3-6H3,(H,67,78)(H2,68,69,70,79)/b52-11+,66-45?,71-55-. The highest BCUT2D eigenvalue weighted by Crippen LogP contribution is 2.34. The highest BCUT2D eigenvalue weighted by molar-refractivity contribution is 7.14. The lowest BCUT2D eigenvalue weighted by atomic mass is 9.99. The Labute approximate surface area is 506 Å². The topological polar surface area (TPSA) is 227 Å². The summed E-state index contributed by atoms with van der Waals surface area (Å²) in [5.74, 6) is 7.19. The summed E-state index contributed by atoms with van der Waals surface area (Å²) in [5.41, 5.74) is 5.60. The number of aliphatic imine (C=N–C) groups is 1. The van der Waals surface area contributed by atoms with Gasteiger partial charge in [-0.1, -0.05) is 73.3 Å². The third-order valence-electron chi connectivity index (χ3n) is 14.4. The van der Waals surface area contributed by atoms with Gasteiger partial charge in [-0.05, 0) is 126 Å². The van der Waals surface area contributed by atoms with Crippen molar-refractivity contribution in [2.45, 2.75) is 77.3 Å². The third kappa shape index (κ3) is 25.1. The number of carbonyl (C=O) groups is 4. The van der Waals surface area contributed by atoms with E-state index in [0.717, 1.165) is 79.9 Å². The number of piperazine rings is 1. The molecule has 2 atom stereocenters.